The first-order valence-electron chi connectivity index (χ1n) is 14.0. The van der Waals surface area contributed by atoms with Crippen molar-refractivity contribution in [1.29, 1.82) is 0 Å². The van der Waals surface area contributed by atoms with Gasteiger partial charge in [0.15, 0.2) is 29.1 Å². The Morgan fingerprint density at radius 3 is 2.72 bits per heavy atom. The molecule has 1 aromatic rings. The van der Waals surface area contributed by atoms with E-state index in [4.69, 9.17) is 9.47 Å². The molecule has 0 unspecified atom stereocenters. The number of aryl methyl sites for hydroxylation is 2. The molecule has 9 heteroatoms. The highest BCUT2D eigenvalue weighted by Gasteiger charge is 2.80. The second-order valence-corrected chi connectivity index (χ2v) is 14.0. The highest BCUT2D eigenvalue weighted by atomic mass is 32.1. The van der Waals surface area contributed by atoms with Crippen LogP contribution in [0.1, 0.15) is 67.6 Å². The van der Waals surface area contributed by atoms with Gasteiger partial charge >= 0.3 is 0 Å². The summed E-state index contributed by atoms with van der Waals surface area (Å²) in [5.74, 6) is -2.45. The molecule has 7 rings (SSSR count). The first kappa shape index (κ1) is 26.1. The maximum atomic E-state index is 17.5. The molecular formula is C30H34F2O6S. The van der Waals surface area contributed by atoms with E-state index < -0.39 is 76.8 Å². The zero-order valence-electron chi connectivity index (χ0n) is 22.1. The van der Waals surface area contributed by atoms with Crippen LogP contribution in [0.5, 0.6) is 0 Å². The number of fused-ring (bicyclic) bond motifs is 8. The molecule has 1 saturated heterocycles. The molecule has 0 spiro atoms. The van der Waals surface area contributed by atoms with Gasteiger partial charge in [0.1, 0.15) is 12.8 Å². The third-order valence-corrected chi connectivity index (χ3v) is 12.4. The molecule has 0 bridgehead atoms. The lowest BCUT2D eigenvalue weighted by molar-refractivity contribution is -0.234. The fourth-order valence-electron chi connectivity index (χ4n) is 9.32. The minimum absolute atomic E-state index is 0.0602. The molecule has 1 aliphatic heterocycles. The average molecular weight is 561 g/mol. The summed E-state index contributed by atoms with van der Waals surface area (Å²) in [6, 6.07) is 2.09. The normalized spacial score (nSPS) is 48.1. The molecule has 6 nitrogen and oxygen atoms in total. The fourth-order valence-corrected chi connectivity index (χ4v) is 10.5. The van der Waals surface area contributed by atoms with Crippen LogP contribution < -0.4 is 0 Å². The largest absolute Gasteiger partial charge is 0.390 e. The summed E-state index contributed by atoms with van der Waals surface area (Å²) in [4.78, 5) is 27.9. The first-order chi connectivity index (χ1) is 18.5. The number of ether oxygens (including phenoxy) is 2. The lowest BCUT2D eigenvalue weighted by Crippen LogP contribution is -2.70. The number of aliphatic hydroxyl groups excluding tert-OH is 2. The van der Waals surface area contributed by atoms with E-state index >= 15 is 8.78 Å². The number of carbonyl (C=O) groups excluding carboxylic acids is 2. The Bertz CT molecular complexity index is 1300. The van der Waals surface area contributed by atoms with Crippen LogP contribution in [0, 0.1) is 22.7 Å². The Labute approximate surface area is 230 Å². The Morgan fingerprint density at radius 2 is 1.97 bits per heavy atom. The maximum absolute atomic E-state index is 17.5. The smallest absolute Gasteiger partial charge is 0.194 e. The summed E-state index contributed by atoms with van der Waals surface area (Å²) < 4.78 is 46.2. The standard InChI is InChI=1S/C30H34F2O6S/c1-27-8-7-16(34)10-19(27)20(31)11-18-17-12-25-30(24(36)14-33,28(17,2)13-23(35)29(18,27)32)38-26(37-25)22-9-15-5-3-4-6-21(15)39-22/h7-10,17-18,20,23,25-26,33,35H,3-6,11-14H2,1-2H3/t17-,18-,20-,23-,25+,26-,27-,28-,29-,30+/m0/s1. The van der Waals surface area contributed by atoms with E-state index in [1.165, 1.54) is 28.7 Å². The van der Waals surface area contributed by atoms with E-state index in [9.17, 15) is 19.8 Å². The molecule has 3 saturated carbocycles. The number of allylic oxidation sites excluding steroid dienone is 4. The molecule has 39 heavy (non-hydrogen) atoms. The Hall–Kier alpha value is -1.78. The van der Waals surface area contributed by atoms with E-state index in [2.05, 4.69) is 6.07 Å². The van der Waals surface area contributed by atoms with Crippen LogP contribution in [-0.4, -0.2) is 58.0 Å². The third kappa shape index (κ3) is 3.09. The zero-order chi connectivity index (χ0) is 27.5. The number of carbonyl (C=O) groups is 2. The van der Waals surface area contributed by atoms with Crippen molar-refractivity contribution in [3.8, 4) is 0 Å². The lowest BCUT2D eigenvalue weighted by atomic mass is 9.44. The molecule has 0 radical (unpaired) electrons. The van der Waals surface area contributed by atoms with Gasteiger partial charge in [-0.3, -0.25) is 9.59 Å². The molecule has 0 aromatic carbocycles. The SMILES string of the molecule is C[C@]12C=CC(=O)C=C1[C@@H](F)C[C@H]1[C@@H]3C[C@H]4O[C@H](c5cc6c(s5)CCCC6)O[C@@]4(C(=O)CO)[C@@]3(C)C[C@H](O)[C@@]12F. The monoisotopic (exact) mass is 560 g/mol. The van der Waals surface area contributed by atoms with E-state index in [0.717, 1.165) is 30.6 Å². The number of rotatable bonds is 3. The molecule has 10 atom stereocenters. The molecule has 2 heterocycles. The van der Waals surface area contributed by atoms with Crippen molar-refractivity contribution in [3.63, 3.8) is 0 Å². The van der Waals surface area contributed by atoms with Crippen LogP contribution >= 0.6 is 11.3 Å². The van der Waals surface area contributed by atoms with Crippen LogP contribution in [0.25, 0.3) is 0 Å². The first-order valence-corrected chi connectivity index (χ1v) is 14.9. The summed E-state index contributed by atoms with van der Waals surface area (Å²) in [5.41, 5.74) is -5.11. The molecule has 1 aromatic heterocycles. The van der Waals surface area contributed by atoms with Gasteiger partial charge in [0.05, 0.1) is 17.1 Å². The molecule has 210 valence electrons. The molecule has 2 N–H and O–H groups in total. The molecule has 4 fully saturated rings. The average Bonchev–Trinajstić information content (AvgIpc) is 3.57. The Kier molecular flexibility index (Phi) is 5.62. The van der Waals surface area contributed by atoms with Crippen molar-refractivity contribution in [3.05, 3.63) is 45.2 Å². The number of hydrogen-bond acceptors (Lipinski definition) is 7. The van der Waals surface area contributed by atoms with Crippen molar-refractivity contribution in [1.82, 2.24) is 0 Å². The van der Waals surface area contributed by atoms with Crippen LogP contribution in [0.4, 0.5) is 8.78 Å². The van der Waals surface area contributed by atoms with E-state index in [1.54, 1.807) is 25.2 Å². The molecule has 5 aliphatic carbocycles. The van der Waals surface area contributed by atoms with Crippen molar-refractivity contribution < 1.29 is 38.1 Å². The molecule has 6 aliphatic rings. The quantitative estimate of drug-likeness (QED) is 0.574. The summed E-state index contributed by atoms with van der Waals surface area (Å²) in [7, 11) is 0. The Morgan fingerprint density at radius 1 is 1.21 bits per heavy atom. The van der Waals surface area contributed by atoms with Gasteiger partial charge in [0, 0.05) is 21.6 Å². The minimum Gasteiger partial charge on any atom is -0.390 e. The second kappa shape index (κ2) is 8.38. The predicted molar refractivity (Wildman–Crippen MR) is 139 cm³/mol. The topological polar surface area (TPSA) is 93.1 Å². The van der Waals surface area contributed by atoms with Crippen molar-refractivity contribution in [2.75, 3.05) is 6.61 Å². The number of hydrogen-bond donors (Lipinski definition) is 2. The summed E-state index contributed by atoms with van der Waals surface area (Å²) in [6.07, 6.45) is 3.31. The van der Waals surface area contributed by atoms with Crippen LogP contribution in [-0.2, 0) is 31.9 Å². The van der Waals surface area contributed by atoms with Gasteiger partial charge in [-0.2, -0.15) is 0 Å². The zero-order valence-corrected chi connectivity index (χ0v) is 22.9. The van der Waals surface area contributed by atoms with Gasteiger partial charge < -0.3 is 19.7 Å². The maximum Gasteiger partial charge on any atom is 0.194 e. The summed E-state index contributed by atoms with van der Waals surface area (Å²) >= 11 is 1.62. The van der Waals surface area contributed by atoms with Crippen LogP contribution in [0.2, 0.25) is 0 Å². The van der Waals surface area contributed by atoms with Crippen molar-refractivity contribution >= 4 is 22.9 Å². The van der Waals surface area contributed by atoms with Gasteiger partial charge in [0.25, 0.3) is 0 Å². The minimum atomic E-state index is -2.25. The van der Waals surface area contributed by atoms with Gasteiger partial charge in [-0.15, -0.1) is 11.3 Å². The van der Waals surface area contributed by atoms with Gasteiger partial charge in [-0.1, -0.05) is 13.0 Å². The van der Waals surface area contributed by atoms with E-state index in [-0.39, 0.29) is 24.8 Å². The van der Waals surface area contributed by atoms with Crippen LogP contribution in [0.15, 0.2) is 29.9 Å². The Balaban J connectivity index is 1.30. The van der Waals surface area contributed by atoms with Gasteiger partial charge in [0.2, 0.25) is 0 Å². The number of thiophene rings is 1. The fraction of sp³-hybridized carbons (Fsp3) is 0.667. The van der Waals surface area contributed by atoms with E-state index in [0.29, 0.717) is 0 Å². The predicted octanol–water partition coefficient (Wildman–Crippen LogP) is 4.27. The number of aliphatic hydroxyl groups is 2. The third-order valence-electron chi connectivity index (χ3n) is 11.2. The summed E-state index contributed by atoms with van der Waals surface area (Å²) in [5, 5.41) is 21.7. The number of alkyl halides is 2. The molecule has 0 amide bonds. The molecular weight excluding hydrogens is 526 g/mol. The van der Waals surface area contributed by atoms with E-state index in [1.807, 2.05) is 0 Å². The highest BCUT2D eigenvalue weighted by Crippen LogP contribution is 2.72. The number of Topliss-reactive ketones (excluding diaryl/α,β-unsaturated/α-hetero) is 1. The second-order valence-electron chi connectivity index (χ2n) is 12.8. The summed E-state index contributed by atoms with van der Waals surface area (Å²) in [6.45, 7) is 2.58. The van der Waals surface area contributed by atoms with Crippen LogP contribution in [0.3, 0.4) is 0 Å². The van der Waals surface area contributed by atoms with Crippen molar-refractivity contribution in [2.45, 2.75) is 94.7 Å². The van der Waals surface area contributed by atoms with Gasteiger partial charge in [-0.05, 0) is 87.1 Å². The highest BCUT2D eigenvalue weighted by molar-refractivity contribution is 7.12. The van der Waals surface area contributed by atoms with Crippen molar-refractivity contribution in [2.24, 2.45) is 22.7 Å². The van der Waals surface area contributed by atoms with Gasteiger partial charge in [-0.25, -0.2) is 8.78 Å². The lowest BCUT2D eigenvalue weighted by Gasteiger charge is -2.63. The number of ketones is 2. The number of halogens is 2.